The van der Waals surface area contributed by atoms with Crippen molar-refractivity contribution in [1.29, 1.82) is 0 Å². The SMILES string of the molecule is COc1nc(I)c(C(O)c2ccc(OC)c(F)c2)c(OC)n1. The number of hydrogen-bond acceptors (Lipinski definition) is 6. The van der Waals surface area contributed by atoms with E-state index in [1.807, 2.05) is 22.6 Å². The summed E-state index contributed by atoms with van der Waals surface area (Å²) in [7, 11) is 4.22. The Kier molecular flexibility index (Phi) is 5.35. The van der Waals surface area contributed by atoms with E-state index in [1.165, 1.54) is 33.5 Å². The Balaban J connectivity index is 2.49. The van der Waals surface area contributed by atoms with Crippen molar-refractivity contribution in [3.8, 4) is 17.6 Å². The van der Waals surface area contributed by atoms with Crippen molar-refractivity contribution in [3.05, 3.63) is 38.8 Å². The molecule has 0 radical (unpaired) electrons. The predicted molar refractivity (Wildman–Crippen MR) is 84.9 cm³/mol. The molecule has 1 unspecified atom stereocenters. The molecule has 1 heterocycles. The first-order chi connectivity index (χ1) is 10.5. The summed E-state index contributed by atoms with van der Waals surface area (Å²) in [6.45, 7) is 0. The number of rotatable bonds is 5. The van der Waals surface area contributed by atoms with E-state index in [2.05, 4.69) is 9.97 Å². The second kappa shape index (κ2) is 7.05. The average Bonchev–Trinajstić information content (AvgIpc) is 2.53. The van der Waals surface area contributed by atoms with Gasteiger partial charge in [0.25, 0.3) is 0 Å². The lowest BCUT2D eigenvalue weighted by Crippen LogP contribution is -2.09. The number of aliphatic hydroxyl groups excluding tert-OH is 1. The van der Waals surface area contributed by atoms with Crippen molar-refractivity contribution in [1.82, 2.24) is 9.97 Å². The Hall–Kier alpha value is -1.68. The van der Waals surface area contributed by atoms with Crippen molar-refractivity contribution < 1.29 is 23.7 Å². The summed E-state index contributed by atoms with van der Waals surface area (Å²) in [5.41, 5.74) is 0.678. The first kappa shape index (κ1) is 16.7. The molecule has 6 nitrogen and oxygen atoms in total. The highest BCUT2D eigenvalue weighted by Crippen LogP contribution is 2.34. The van der Waals surface area contributed by atoms with E-state index < -0.39 is 11.9 Å². The molecule has 1 atom stereocenters. The molecule has 118 valence electrons. The average molecular weight is 420 g/mol. The highest BCUT2D eigenvalue weighted by molar-refractivity contribution is 14.1. The van der Waals surface area contributed by atoms with E-state index in [9.17, 15) is 9.50 Å². The summed E-state index contributed by atoms with van der Waals surface area (Å²) < 4.78 is 29.3. The van der Waals surface area contributed by atoms with E-state index in [0.717, 1.165) is 0 Å². The van der Waals surface area contributed by atoms with Gasteiger partial charge < -0.3 is 19.3 Å². The van der Waals surface area contributed by atoms with Gasteiger partial charge in [-0.1, -0.05) is 6.07 Å². The fraction of sp³-hybridized carbons (Fsp3) is 0.286. The summed E-state index contributed by atoms with van der Waals surface area (Å²) in [4.78, 5) is 8.13. The second-order valence-electron chi connectivity index (χ2n) is 4.22. The Bertz CT molecular complexity index is 684. The fourth-order valence-corrected chi connectivity index (χ4v) is 2.63. The number of halogens is 2. The van der Waals surface area contributed by atoms with Crippen LogP contribution in [0.4, 0.5) is 4.39 Å². The molecule has 0 saturated heterocycles. The van der Waals surface area contributed by atoms with E-state index >= 15 is 0 Å². The maximum Gasteiger partial charge on any atom is 0.320 e. The van der Waals surface area contributed by atoms with Gasteiger partial charge in [-0.3, -0.25) is 0 Å². The number of ether oxygens (including phenoxy) is 3. The largest absolute Gasteiger partial charge is 0.494 e. The lowest BCUT2D eigenvalue weighted by Gasteiger charge is -2.16. The minimum absolute atomic E-state index is 0.101. The van der Waals surface area contributed by atoms with E-state index in [1.54, 1.807) is 6.07 Å². The maximum atomic E-state index is 13.8. The van der Waals surface area contributed by atoms with Crippen molar-refractivity contribution in [3.63, 3.8) is 0 Å². The van der Waals surface area contributed by atoms with E-state index in [4.69, 9.17) is 14.2 Å². The smallest absolute Gasteiger partial charge is 0.320 e. The van der Waals surface area contributed by atoms with Crippen LogP contribution < -0.4 is 14.2 Å². The molecule has 0 saturated carbocycles. The molecule has 0 aliphatic heterocycles. The summed E-state index contributed by atoms with van der Waals surface area (Å²) in [5, 5.41) is 10.5. The topological polar surface area (TPSA) is 73.7 Å². The first-order valence-electron chi connectivity index (χ1n) is 6.18. The van der Waals surface area contributed by atoms with Crippen LogP contribution in [-0.4, -0.2) is 36.4 Å². The summed E-state index contributed by atoms with van der Waals surface area (Å²) in [6.07, 6.45) is -1.15. The Labute approximate surface area is 140 Å². The fourth-order valence-electron chi connectivity index (χ4n) is 1.90. The third-order valence-electron chi connectivity index (χ3n) is 2.98. The van der Waals surface area contributed by atoms with Crippen LogP contribution in [0.2, 0.25) is 0 Å². The minimum Gasteiger partial charge on any atom is -0.494 e. The Morgan fingerprint density at radius 3 is 2.41 bits per heavy atom. The molecule has 1 N–H and O–H groups in total. The van der Waals surface area contributed by atoms with Gasteiger partial charge in [0, 0.05) is 0 Å². The zero-order valence-electron chi connectivity index (χ0n) is 12.1. The number of aromatic nitrogens is 2. The van der Waals surface area contributed by atoms with Gasteiger partial charge in [0.1, 0.15) is 9.80 Å². The van der Waals surface area contributed by atoms with Crippen molar-refractivity contribution in [2.75, 3.05) is 21.3 Å². The molecule has 0 amide bonds. The zero-order chi connectivity index (χ0) is 16.3. The maximum absolute atomic E-state index is 13.8. The summed E-state index contributed by atoms with van der Waals surface area (Å²) in [5.74, 6) is -0.300. The molecular weight excluding hydrogens is 406 g/mol. The van der Waals surface area contributed by atoms with Crippen molar-refractivity contribution >= 4 is 22.6 Å². The summed E-state index contributed by atoms with van der Waals surface area (Å²) in [6, 6.07) is 4.32. The van der Waals surface area contributed by atoms with Gasteiger partial charge >= 0.3 is 6.01 Å². The molecule has 22 heavy (non-hydrogen) atoms. The van der Waals surface area contributed by atoms with Gasteiger partial charge in [-0.05, 0) is 40.3 Å². The van der Waals surface area contributed by atoms with E-state index in [-0.39, 0.29) is 17.6 Å². The standard InChI is InChI=1S/C14H14FIN2O4/c1-20-9-5-4-7(6-8(9)15)11(19)10-12(16)17-14(22-3)18-13(10)21-2/h4-6,11,19H,1-3H3. The molecule has 0 aliphatic rings. The monoisotopic (exact) mass is 420 g/mol. The Morgan fingerprint density at radius 2 is 1.86 bits per heavy atom. The first-order valence-corrected chi connectivity index (χ1v) is 7.26. The van der Waals surface area contributed by atoms with Crippen LogP contribution >= 0.6 is 22.6 Å². The number of nitrogens with zero attached hydrogens (tertiary/aromatic N) is 2. The van der Waals surface area contributed by atoms with Gasteiger partial charge in [0.05, 0.1) is 26.9 Å². The lowest BCUT2D eigenvalue weighted by atomic mass is 10.0. The third-order valence-corrected chi connectivity index (χ3v) is 3.81. The molecule has 1 aromatic carbocycles. The van der Waals surface area contributed by atoms with Crippen molar-refractivity contribution in [2.45, 2.75) is 6.10 Å². The van der Waals surface area contributed by atoms with Crippen molar-refractivity contribution in [2.24, 2.45) is 0 Å². The van der Waals surface area contributed by atoms with Crippen LogP contribution in [0.3, 0.4) is 0 Å². The predicted octanol–water partition coefficient (Wildman–Crippen LogP) is 2.33. The lowest BCUT2D eigenvalue weighted by molar-refractivity contribution is 0.209. The molecule has 0 bridgehead atoms. The molecule has 1 aromatic heterocycles. The number of aliphatic hydroxyl groups is 1. The highest BCUT2D eigenvalue weighted by Gasteiger charge is 2.23. The van der Waals surface area contributed by atoms with Gasteiger partial charge in [0.15, 0.2) is 11.6 Å². The van der Waals surface area contributed by atoms with Gasteiger partial charge in [-0.2, -0.15) is 9.97 Å². The number of methoxy groups -OCH3 is 3. The molecule has 2 aromatic rings. The van der Waals surface area contributed by atoms with Crippen LogP contribution in [0.15, 0.2) is 18.2 Å². The molecule has 0 fully saturated rings. The van der Waals surface area contributed by atoms with Crippen LogP contribution in [-0.2, 0) is 0 Å². The molecule has 2 rings (SSSR count). The molecule has 0 aliphatic carbocycles. The summed E-state index contributed by atoms with van der Waals surface area (Å²) >= 11 is 1.93. The van der Waals surface area contributed by atoms with Crippen LogP contribution in [0.1, 0.15) is 17.2 Å². The minimum atomic E-state index is -1.15. The molecular formula is C14H14FIN2O4. The number of hydrogen-bond donors (Lipinski definition) is 1. The highest BCUT2D eigenvalue weighted by atomic mass is 127. The van der Waals surface area contributed by atoms with Crippen LogP contribution in [0.5, 0.6) is 17.6 Å². The number of benzene rings is 1. The van der Waals surface area contributed by atoms with E-state index in [0.29, 0.717) is 14.8 Å². The molecule has 0 spiro atoms. The van der Waals surface area contributed by atoms with Gasteiger partial charge in [-0.15, -0.1) is 0 Å². The quantitative estimate of drug-likeness (QED) is 0.592. The van der Waals surface area contributed by atoms with Gasteiger partial charge in [-0.25, -0.2) is 4.39 Å². The van der Waals surface area contributed by atoms with Gasteiger partial charge in [0.2, 0.25) is 5.88 Å². The Morgan fingerprint density at radius 1 is 1.14 bits per heavy atom. The van der Waals surface area contributed by atoms with Crippen LogP contribution in [0.25, 0.3) is 0 Å². The zero-order valence-corrected chi connectivity index (χ0v) is 14.3. The molecule has 8 heteroatoms. The normalized spacial score (nSPS) is 11.9. The third kappa shape index (κ3) is 3.22. The van der Waals surface area contributed by atoms with Crippen LogP contribution in [0, 0.1) is 9.52 Å². The second-order valence-corrected chi connectivity index (χ2v) is 5.24.